The highest BCUT2D eigenvalue weighted by molar-refractivity contribution is 5.39. The maximum Gasteiger partial charge on any atom is 0.573 e. The van der Waals surface area contributed by atoms with Crippen LogP contribution in [0.1, 0.15) is 11.1 Å². The van der Waals surface area contributed by atoms with Gasteiger partial charge in [-0.3, -0.25) is 0 Å². The second kappa shape index (κ2) is 9.19. The van der Waals surface area contributed by atoms with E-state index in [1.54, 1.807) is 30.3 Å². The Morgan fingerprint density at radius 1 is 0.933 bits per heavy atom. The maximum absolute atomic E-state index is 12.4. The molecule has 10 heteroatoms. The van der Waals surface area contributed by atoms with Gasteiger partial charge in [-0.15, -0.1) is 13.2 Å². The van der Waals surface area contributed by atoms with Gasteiger partial charge in [0.15, 0.2) is 0 Å². The lowest BCUT2D eigenvalue weighted by atomic mass is 9.99. The number of para-hydroxylation sites is 1. The van der Waals surface area contributed by atoms with E-state index in [-0.39, 0.29) is 17.9 Å². The summed E-state index contributed by atoms with van der Waals surface area (Å²) in [5.41, 5.74) is 1.08. The van der Waals surface area contributed by atoms with Crippen molar-refractivity contribution in [2.24, 2.45) is 0 Å². The van der Waals surface area contributed by atoms with Crippen LogP contribution >= 0.6 is 0 Å². The van der Waals surface area contributed by atoms with E-state index in [0.29, 0.717) is 11.1 Å². The van der Waals surface area contributed by atoms with Crippen molar-refractivity contribution in [2.45, 2.75) is 43.5 Å². The molecule has 0 aromatic heterocycles. The van der Waals surface area contributed by atoms with Gasteiger partial charge in [0, 0.05) is 6.42 Å². The number of aliphatic hydroxyl groups is 4. The first-order chi connectivity index (χ1) is 14.2. The van der Waals surface area contributed by atoms with Gasteiger partial charge in [0.1, 0.15) is 35.9 Å². The van der Waals surface area contributed by atoms with Crippen LogP contribution < -0.4 is 9.47 Å². The van der Waals surface area contributed by atoms with Gasteiger partial charge in [0.05, 0.1) is 6.61 Å². The molecule has 0 aliphatic carbocycles. The highest BCUT2D eigenvalue weighted by Gasteiger charge is 2.44. The number of ether oxygens (including phenoxy) is 3. The normalized spacial score (nSPS) is 27.0. The lowest BCUT2D eigenvalue weighted by Crippen LogP contribution is -2.60. The third kappa shape index (κ3) is 5.41. The molecule has 0 saturated carbocycles. The molecule has 0 bridgehead atoms. The third-order valence-electron chi connectivity index (χ3n) is 4.59. The van der Waals surface area contributed by atoms with Crippen molar-refractivity contribution in [2.75, 3.05) is 6.61 Å². The van der Waals surface area contributed by atoms with Crippen molar-refractivity contribution in [3.05, 3.63) is 59.7 Å². The zero-order valence-electron chi connectivity index (χ0n) is 15.6. The number of hydrogen-bond donors (Lipinski definition) is 4. The van der Waals surface area contributed by atoms with Crippen LogP contribution in [0.2, 0.25) is 0 Å². The highest BCUT2D eigenvalue weighted by Crippen LogP contribution is 2.29. The number of hydrogen-bond acceptors (Lipinski definition) is 7. The van der Waals surface area contributed by atoms with E-state index in [0.717, 1.165) is 0 Å². The predicted octanol–water partition coefficient (Wildman–Crippen LogP) is 1.35. The quantitative estimate of drug-likeness (QED) is 0.548. The minimum atomic E-state index is -4.80. The van der Waals surface area contributed by atoms with Gasteiger partial charge in [-0.25, -0.2) is 0 Å². The van der Waals surface area contributed by atoms with Crippen molar-refractivity contribution >= 4 is 0 Å². The van der Waals surface area contributed by atoms with Gasteiger partial charge in [-0.2, -0.15) is 0 Å². The Morgan fingerprint density at radius 2 is 1.67 bits per heavy atom. The lowest BCUT2D eigenvalue weighted by molar-refractivity contribution is -0.277. The van der Waals surface area contributed by atoms with Crippen LogP contribution in [-0.4, -0.2) is 64.1 Å². The summed E-state index contributed by atoms with van der Waals surface area (Å²) in [6, 6.07) is 12.1. The van der Waals surface area contributed by atoms with E-state index < -0.39 is 43.7 Å². The fraction of sp³-hybridized carbons (Fsp3) is 0.400. The third-order valence-corrected chi connectivity index (χ3v) is 4.59. The Morgan fingerprint density at radius 3 is 2.37 bits per heavy atom. The maximum atomic E-state index is 12.4. The largest absolute Gasteiger partial charge is 0.573 e. The Labute approximate surface area is 169 Å². The highest BCUT2D eigenvalue weighted by atomic mass is 19.4. The number of aliphatic hydroxyl groups excluding tert-OH is 4. The van der Waals surface area contributed by atoms with Crippen molar-refractivity contribution in [3.63, 3.8) is 0 Å². The van der Waals surface area contributed by atoms with Gasteiger partial charge >= 0.3 is 6.36 Å². The molecule has 1 heterocycles. The van der Waals surface area contributed by atoms with Gasteiger partial charge in [0.2, 0.25) is 6.29 Å². The fourth-order valence-corrected chi connectivity index (χ4v) is 3.13. The molecule has 4 N–H and O–H groups in total. The summed E-state index contributed by atoms with van der Waals surface area (Å²) >= 11 is 0. The molecule has 2 aromatic carbocycles. The molecule has 5 atom stereocenters. The van der Waals surface area contributed by atoms with Crippen molar-refractivity contribution < 1.29 is 47.8 Å². The van der Waals surface area contributed by atoms with Crippen LogP contribution in [0.25, 0.3) is 0 Å². The molecule has 0 amide bonds. The zero-order chi connectivity index (χ0) is 21.9. The predicted molar refractivity (Wildman–Crippen MR) is 96.8 cm³/mol. The number of benzene rings is 2. The van der Waals surface area contributed by atoms with Gasteiger partial charge in [0.25, 0.3) is 0 Å². The summed E-state index contributed by atoms with van der Waals surface area (Å²) in [7, 11) is 0. The zero-order valence-corrected chi connectivity index (χ0v) is 15.6. The average molecular weight is 430 g/mol. The van der Waals surface area contributed by atoms with E-state index in [4.69, 9.17) is 9.47 Å². The Bertz CT molecular complexity index is 843. The number of alkyl halides is 3. The molecule has 30 heavy (non-hydrogen) atoms. The summed E-state index contributed by atoms with van der Waals surface area (Å²) in [5.74, 6) is -0.101. The summed E-state index contributed by atoms with van der Waals surface area (Å²) in [6.45, 7) is -0.599. The fourth-order valence-electron chi connectivity index (χ4n) is 3.13. The van der Waals surface area contributed by atoms with Gasteiger partial charge < -0.3 is 34.6 Å². The standard InChI is InChI=1S/C20H21F3O7/c21-20(22,23)30-13-6-3-4-11(9-13)8-12-5-1-2-7-14(12)28-19-18(27)17(26)16(25)15(10-24)29-19/h1-7,9,15-19,24-27H,8,10H2/t15-,16-,17+,18-,19-/m1/s1. The van der Waals surface area contributed by atoms with Gasteiger partial charge in [-0.1, -0.05) is 30.3 Å². The molecule has 2 aromatic rings. The van der Waals surface area contributed by atoms with Crippen LogP contribution in [0.4, 0.5) is 13.2 Å². The van der Waals surface area contributed by atoms with E-state index in [2.05, 4.69) is 4.74 Å². The summed E-state index contributed by atoms with van der Waals surface area (Å²) in [5, 5.41) is 39.2. The van der Waals surface area contributed by atoms with E-state index >= 15 is 0 Å². The van der Waals surface area contributed by atoms with Crippen molar-refractivity contribution in [1.82, 2.24) is 0 Å². The molecule has 1 saturated heterocycles. The van der Waals surface area contributed by atoms with Crippen LogP contribution in [0.15, 0.2) is 48.5 Å². The van der Waals surface area contributed by atoms with Crippen LogP contribution in [-0.2, 0) is 11.2 Å². The van der Waals surface area contributed by atoms with Crippen molar-refractivity contribution in [1.29, 1.82) is 0 Å². The summed E-state index contributed by atoms with van der Waals surface area (Å²) in [4.78, 5) is 0. The Kier molecular flexibility index (Phi) is 6.84. The number of rotatable bonds is 6. The molecule has 0 radical (unpaired) electrons. The van der Waals surface area contributed by atoms with Crippen LogP contribution in [0, 0.1) is 0 Å². The second-order valence-corrected chi connectivity index (χ2v) is 6.79. The molecule has 164 valence electrons. The summed E-state index contributed by atoms with van der Waals surface area (Å²) < 4.78 is 52.3. The first-order valence-electron chi connectivity index (χ1n) is 9.07. The molecule has 1 aliphatic rings. The van der Waals surface area contributed by atoms with E-state index in [9.17, 15) is 33.6 Å². The summed E-state index contributed by atoms with van der Waals surface area (Å²) in [6.07, 6.45) is -11.8. The van der Waals surface area contributed by atoms with Crippen LogP contribution in [0.3, 0.4) is 0 Å². The molecule has 1 fully saturated rings. The van der Waals surface area contributed by atoms with Crippen LogP contribution in [0.5, 0.6) is 11.5 Å². The molecule has 0 unspecified atom stereocenters. The molecular weight excluding hydrogens is 409 g/mol. The second-order valence-electron chi connectivity index (χ2n) is 6.79. The van der Waals surface area contributed by atoms with Gasteiger partial charge in [-0.05, 0) is 29.3 Å². The lowest BCUT2D eigenvalue weighted by Gasteiger charge is -2.39. The smallest absolute Gasteiger partial charge is 0.462 e. The number of halogens is 3. The molecular formula is C20H21F3O7. The first-order valence-corrected chi connectivity index (χ1v) is 9.07. The first kappa shape index (κ1) is 22.3. The van der Waals surface area contributed by atoms with Crippen molar-refractivity contribution in [3.8, 4) is 11.5 Å². The topological polar surface area (TPSA) is 109 Å². The molecule has 3 rings (SSSR count). The Balaban J connectivity index is 1.78. The molecule has 0 spiro atoms. The molecule has 1 aliphatic heterocycles. The SMILES string of the molecule is OC[C@H]1O[C@@H](Oc2ccccc2Cc2cccc(OC(F)(F)F)c2)[C@H](O)[C@@H](O)[C@@H]1O. The monoisotopic (exact) mass is 430 g/mol. The van der Waals surface area contributed by atoms with E-state index in [1.807, 2.05) is 0 Å². The van der Waals surface area contributed by atoms with E-state index in [1.165, 1.54) is 18.2 Å². The Hall–Kier alpha value is -2.37. The minimum absolute atomic E-state index is 0.183. The average Bonchev–Trinajstić information content (AvgIpc) is 2.69. The molecule has 7 nitrogen and oxygen atoms in total. The minimum Gasteiger partial charge on any atom is -0.462 e.